The number of rotatable bonds is 6. The van der Waals surface area contributed by atoms with Crippen molar-refractivity contribution in [2.75, 3.05) is 13.1 Å². The van der Waals surface area contributed by atoms with Crippen LogP contribution in [0, 0.1) is 0 Å². The molecule has 0 unspecified atom stereocenters. The fourth-order valence-electron chi connectivity index (χ4n) is 1.47. The minimum Gasteiger partial charge on any atom is -0.480 e. The molecular weight excluding hydrogens is 220 g/mol. The van der Waals surface area contributed by atoms with E-state index in [-0.39, 0.29) is 6.15 Å². The predicted molar refractivity (Wildman–Crippen MR) is 51.5 cm³/mol. The largest absolute Gasteiger partial charge is 0.480 e. The van der Waals surface area contributed by atoms with Gasteiger partial charge in [0.15, 0.2) is 0 Å². The van der Waals surface area contributed by atoms with Crippen molar-refractivity contribution in [3.63, 3.8) is 0 Å². The Bertz CT molecular complexity index is 296. The van der Waals surface area contributed by atoms with E-state index in [1.165, 1.54) is 0 Å². The van der Waals surface area contributed by atoms with Crippen LogP contribution in [-0.4, -0.2) is 56.8 Å². The molecule has 0 radical (unpaired) electrons. The minimum atomic E-state index is -1.28. The molecule has 8 heteroatoms. The van der Waals surface area contributed by atoms with E-state index in [1.807, 2.05) is 0 Å². The number of carboxylic acids is 3. The number of aliphatic carboxylic acids is 3. The molecular formula is C8H14N2O6. The van der Waals surface area contributed by atoms with E-state index in [4.69, 9.17) is 15.3 Å². The summed E-state index contributed by atoms with van der Waals surface area (Å²) in [6, 6.07) is 0. The molecule has 0 heterocycles. The van der Waals surface area contributed by atoms with Gasteiger partial charge in [-0.1, -0.05) is 0 Å². The minimum absolute atomic E-state index is 0. The van der Waals surface area contributed by atoms with Crippen molar-refractivity contribution in [1.82, 2.24) is 11.1 Å². The second-order valence-electron chi connectivity index (χ2n) is 3.48. The van der Waals surface area contributed by atoms with Crippen molar-refractivity contribution in [3.8, 4) is 0 Å². The Labute approximate surface area is 91.1 Å². The fraction of sp³-hybridized carbons (Fsp3) is 0.625. The van der Waals surface area contributed by atoms with Crippen LogP contribution in [0.3, 0.4) is 0 Å². The molecule has 0 amide bonds. The van der Waals surface area contributed by atoms with Crippen molar-refractivity contribution in [2.45, 2.75) is 18.4 Å². The molecule has 1 aliphatic rings. The Balaban J connectivity index is 0.00000225. The second-order valence-corrected chi connectivity index (χ2v) is 3.48. The van der Waals surface area contributed by atoms with Crippen LogP contribution in [0.4, 0.5) is 0 Å². The average molecular weight is 234 g/mol. The zero-order valence-corrected chi connectivity index (χ0v) is 8.55. The monoisotopic (exact) mass is 234 g/mol. The Kier molecular flexibility index (Phi) is 4.39. The highest BCUT2D eigenvalue weighted by molar-refractivity contribution is 5.84. The van der Waals surface area contributed by atoms with E-state index >= 15 is 0 Å². The van der Waals surface area contributed by atoms with Gasteiger partial charge >= 0.3 is 17.9 Å². The van der Waals surface area contributed by atoms with Crippen LogP contribution in [0.1, 0.15) is 12.8 Å². The lowest BCUT2D eigenvalue weighted by molar-refractivity contribution is -0.150. The van der Waals surface area contributed by atoms with Crippen molar-refractivity contribution >= 4 is 17.9 Å². The lowest BCUT2D eigenvalue weighted by Gasteiger charge is -2.24. The highest BCUT2D eigenvalue weighted by Gasteiger charge is 2.55. The highest BCUT2D eigenvalue weighted by Crippen LogP contribution is 2.41. The van der Waals surface area contributed by atoms with E-state index in [0.717, 1.165) is 4.90 Å². The molecule has 92 valence electrons. The lowest BCUT2D eigenvalue weighted by Crippen LogP contribution is -2.48. The first kappa shape index (κ1) is 14.3. The van der Waals surface area contributed by atoms with Crippen LogP contribution < -0.4 is 6.15 Å². The molecule has 1 aliphatic carbocycles. The SMILES string of the molecule is N.O=C(O)CN(CC(=O)O)C1(C(=O)O)CC1. The van der Waals surface area contributed by atoms with Crippen molar-refractivity contribution in [2.24, 2.45) is 0 Å². The highest BCUT2D eigenvalue weighted by atomic mass is 16.4. The maximum atomic E-state index is 10.9. The van der Waals surface area contributed by atoms with Gasteiger partial charge in [-0.25, -0.2) is 0 Å². The van der Waals surface area contributed by atoms with E-state index in [1.54, 1.807) is 0 Å². The normalized spacial score (nSPS) is 16.3. The summed E-state index contributed by atoms with van der Waals surface area (Å²) < 4.78 is 0. The average Bonchev–Trinajstić information content (AvgIpc) is 2.80. The fourth-order valence-corrected chi connectivity index (χ4v) is 1.47. The first-order valence-electron chi connectivity index (χ1n) is 4.30. The molecule has 6 N–H and O–H groups in total. The lowest BCUT2D eigenvalue weighted by atomic mass is 10.2. The molecule has 1 saturated carbocycles. The summed E-state index contributed by atoms with van der Waals surface area (Å²) in [7, 11) is 0. The Hall–Kier alpha value is -1.67. The van der Waals surface area contributed by atoms with Gasteiger partial charge in [-0.05, 0) is 12.8 Å². The van der Waals surface area contributed by atoms with Gasteiger partial charge < -0.3 is 21.5 Å². The predicted octanol–water partition coefficient (Wildman–Crippen LogP) is -0.763. The summed E-state index contributed by atoms with van der Waals surface area (Å²) in [6.07, 6.45) is 0.589. The quantitative estimate of drug-likeness (QED) is 0.468. The van der Waals surface area contributed by atoms with E-state index < -0.39 is 36.5 Å². The summed E-state index contributed by atoms with van der Waals surface area (Å²) in [5.41, 5.74) is -1.28. The maximum Gasteiger partial charge on any atom is 0.324 e. The Morgan fingerprint density at radius 1 is 1.00 bits per heavy atom. The molecule has 1 fully saturated rings. The zero-order valence-electron chi connectivity index (χ0n) is 8.55. The molecule has 0 atom stereocenters. The van der Waals surface area contributed by atoms with Crippen molar-refractivity contribution in [1.29, 1.82) is 0 Å². The molecule has 0 aliphatic heterocycles. The molecule has 0 aromatic rings. The summed E-state index contributed by atoms with van der Waals surface area (Å²) in [5, 5.41) is 26.0. The van der Waals surface area contributed by atoms with E-state index in [2.05, 4.69) is 0 Å². The number of hydrogen-bond donors (Lipinski definition) is 4. The van der Waals surface area contributed by atoms with Crippen LogP contribution in [0.2, 0.25) is 0 Å². The van der Waals surface area contributed by atoms with E-state index in [0.29, 0.717) is 12.8 Å². The topological polar surface area (TPSA) is 150 Å². The molecule has 0 aromatic heterocycles. The van der Waals surface area contributed by atoms with Gasteiger partial charge in [0.2, 0.25) is 0 Å². The third kappa shape index (κ3) is 2.91. The number of carboxylic acid groups (broad SMARTS) is 3. The summed E-state index contributed by atoms with van der Waals surface area (Å²) in [4.78, 5) is 32.8. The van der Waals surface area contributed by atoms with Crippen LogP contribution >= 0.6 is 0 Å². The van der Waals surface area contributed by atoms with Crippen molar-refractivity contribution < 1.29 is 29.7 Å². The van der Waals surface area contributed by atoms with Gasteiger partial charge in [-0.15, -0.1) is 0 Å². The third-order valence-corrected chi connectivity index (χ3v) is 2.38. The molecule has 16 heavy (non-hydrogen) atoms. The number of carbonyl (C=O) groups is 3. The van der Waals surface area contributed by atoms with Gasteiger partial charge in [0.25, 0.3) is 0 Å². The van der Waals surface area contributed by atoms with Crippen LogP contribution in [0.25, 0.3) is 0 Å². The Morgan fingerprint density at radius 2 is 1.38 bits per heavy atom. The van der Waals surface area contributed by atoms with Gasteiger partial charge in [0.1, 0.15) is 5.54 Å². The molecule has 0 saturated heterocycles. The zero-order chi connectivity index (χ0) is 11.6. The molecule has 1 rings (SSSR count). The summed E-state index contributed by atoms with van der Waals surface area (Å²) in [6.45, 7) is -1.14. The van der Waals surface area contributed by atoms with Crippen LogP contribution in [0.15, 0.2) is 0 Å². The maximum absolute atomic E-state index is 10.9. The van der Waals surface area contributed by atoms with Crippen molar-refractivity contribution in [3.05, 3.63) is 0 Å². The Morgan fingerprint density at radius 3 is 1.56 bits per heavy atom. The smallest absolute Gasteiger partial charge is 0.324 e. The third-order valence-electron chi connectivity index (χ3n) is 2.38. The summed E-state index contributed by atoms with van der Waals surface area (Å²) in [5.74, 6) is -3.63. The van der Waals surface area contributed by atoms with Crippen LogP contribution in [0.5, 0.6) is 0 Å². The van der Waals surface area contributed by atoms with Gasteiger partial charge in [0, 0.05) is 0 Å². The second kappa shape index (κ2) is 4.90. The van der Waals surface area contributed by atoms with Gasteiger partial charge in [-0.3, -0.25) is 19.3 Å². The molecule has 0 spiro atoms. The van der Waals surface area contributed by atoms with E-state index in [9.17, 15) is 14.4 Å². The first-order valence-corrected chi connectivity index (χ1v) is 4.30. The summed E-state index contributed by atoms with van der Waals surface area (Å²) >= 11 is 0. The standard InChI is InChI=1S/C8H11NO6.H3N/c10-5(11)3-9(4-6(12)13)8(1-2-8)7(14)15;/h1-4H2,(H,10,11)(H,12,13)(H,14,15);1H3. The van der Waals surface area contributed by atoms with Gasteiger partial charge in [-0.2, -0.15) is 0 Å². The van der Waals surface area contributed by atoms with Crippen LogP contribution in [-0.2, 0) is 14.4 Å². The molecule has 0 aromatic carbocycles. The molecule has 0 bridgehead atoms. The van der Waals surface area contributed by atoms with Gasteiger partial charge in [0.05, 0.1) is 13.1 Å². The molecule has 8 nitrogen and oxygen atoms in total. The number of nitrogens with zero attached hydrogens (tertiary/aromatic N) is 1. The number of hydrogen-bond acceptors (Lipinski definition) is 5. The first-order chi connectivity index (χ1) is 6.88.